The van der Waals surface area contributed by atoms with Crippen molar-refractivity contribution in [1.29, 1.82) is 0 Å². The molecule has 0 saturated carbocycles. The van der Waals surface area contributed by atoms with Crippen molar-refractivity contribution in [3.63, 3.8) is 0 Å². The van der Waals surface area contributed by atoms with Gasteiger partial charge < -0.3 is 0 Å². The van der Waals surface area contributed by atoms with Gasteiger partial charge in [0.1, 0.15) is 0 Å². The second-order valence-electron chi connectivity index (χ2n) is 2.95. The molecule has 1 aromatic rings. The molecule has 0 aliphatic rings. The Morgan fingerprint density at radius 1 is 1.59 bits per heavy atom. The minimum Gasteiger partial charge on any atom is -0.260 e. The molecule has 0 atom stereocenters. The summed E-state index contributed by atoms with van der Waals surface area (Å²) in [6, 6.07) is 3.24. The molecular formula is C11H12F2N2S2. The van der Waals surface area contributed by atoms with Gasteiger partial charge >= 0.3 is 0 Å². The van der Waals surface area contributed by atoms with Crippen molar-refractivity contribution in [2.75, 3.05) is 7.05 Å². The lowest BCUT2D eigenvalue weighted by Crippen LogP contribution is -1.90. The second-order valence-corrected chi connectivity index (χ2v) is 5.16. The fraction of sp³-hybridized carbons (Fsp3) is 0.273. The monoisotopic (exact) mass is 274 g/mol. The van der Waals surface area contributed by atoms with Gasteiger partial charge in [-0.2, -0.15) is 8.78 Å². The van der Waals surface area contributed by atoms with E-state index in [-0.39, 0.29) is 0 Å². The maximum atomic E-state index is 13.3. The van der Waals surface area contributed by atoms with Gasteiger partial charge in [-0.1, -0.05) is 13.0 Å². The summed E-state index contributed by atoms with van der Waals surface area (Å²) in [5.74, 6) is -1.08. The zero-order valence-corrected chi connectivity index (χ0v) is 11.1. The van der Waals surface area contributed by atoms with Crippen LogP contribution in [-0.2, 0) is 0 Å². The summed E-state index contributed by atoms with van der Waals surface area (Å²) in [5, 5.41) is 0. The van der Waals surface area contributed by atoms with E-state index in [4.69, 9.17) is 0 Å². The van der Waals surface area contributed by atoms with Crippen LogP contribution in [0, 0.1) is 5.95 Å². The van der Waals surface area contributed by atoms with Gasteiger partial charge in [0.15, 0.2) is 0 Å². The van der Waals surface area contributed by atoms with Crippen molar-refractivity contribution in [3.8, 4) is 0 Å². The molecule has 0 fully saturated rings. The van der Waals surface area contributed by atoms with Crippen molar-refractivity contribution in [3.05, 3.63) is 35.3 Å². The molecule has 92 valence electrons. The molecule has 0 spiro atoms. The fourth-order valence-electron chi connectivity index (χ4n) is 0.971. The van der Waals surface area contributed by atoms with Gasteiger partial charge in [-0.3, -0.25) is 4.99 Å². The topological polar surface area (TPSA) is 25.2 Å². The van der Waals surface area contributed by atoms with Crippen LogP contribution < -0.4 is 0 Å². The van der Waals surface area contributed by atoms with E-state index >= 15 is 0 Å². The van der Waals surface area contributed by atoms with Crippen molar-refractivity contribution in [1.82, 2.24) is 4.98 Å². The normalized spacial score (nSPS) is 12.9. The molecular weight excluding hydrogens is 262 g/mol. The molecule has 0 aromatic carbocycles. The quantitative estimate of drug-likeness (QED) is 0.456. The highest BCUT2D eigenvalue weighted by molar-refractivity contribution is 8.78. The third kappa shape index (κ3) is 4.47. The predicted octanol–water partition coefficient (Wildman–Crippen LogP) is 4.25. The summed E-state index contributed by atoms with van der Waals surface area (Å²) < 4.78 is 26.5. The van der Waals surface area contributed by atoms with Crippen molar-refractivity contribution in [2.24, 2.45) is 4.99 Å². The van der Waals surface area contributed by atoms with Crippen LogP contribution in [0.1, 0.15) is 13.3 Å². The number of hydrogen-bond donors (Lipinski definition) is 0. The maximum Gasteiger partial charge on any atom is 0.227 e. The summed E-state index contributed by atoms with van der Waals surface area (Å²) in [6.45, 7) is 1.90. The number of nitrogens with zero attached hydrogens (tertiary/aromatic N) is 2. The van der Waals surface area contributed by atoms with E-state index < -0.39 is 11.9 Å². The predicted molar refractivity (Wildman–Crippen MR) is 70.5 cm³/mol. The lowest BCUT2D eigenvalue weighted by Gasteiger charge is -2.03. The minimum atomic E-state index is -0.547. The largest absolute Gasteiger partial charge is 0.260 e. The zero-order valence-electron chi connectivity index (χ0n) is 9.48. The highest BCUT2D eigenvalue weighted by atomic mass is 33.1. The summed E-state index contributed by atoms with van der Waals surface area (Å²) in [7, 11) is 3.65. The SMILES string of the molecule is CC/C=C(/SSc1cccnc1F)C(F)=NC. The van der Waals surface area contributed by atoms with Crippen LogP contribution in [0.25, 0.3) is 0 Å². The molecule has 0 N–H and O–H groups in total. The molecule has 1 aromatic heterocycles. The van der Waals surface area contributed by atoms with Gasteiger partial charge in [-0.25, -0.2) is 4.98 Å². The average molecular weight is 274 g/mol. The first-order valence-electron chi connectivity index (χ1n) is 4.96. The van der Waals surface area contributed by atoms with E-state index in [9.17, 15) is 8.78 Å². The lowest BCUT2D eigenvalue weighted by molar-refractivity contribution is 0.557. The Morgan fingerprint density at radius 3 is 2.94 bits per heavy atom. The molecule has 0 bridgehead atoms. The molecule has 0 aliphatic heterocycles. The van der Waals surface area contributed by atoms with Crippen LogP contribution in [0.4, 0.5) is 8.78 Å². The maximum absolute atomic E-state index is 13.3. The molecule has 17 heavy (non-hydrogen) atoms. The van der Waals surface area contributed by atoms with Gasteiger partial charge in [0.05, 0.1) is 9.80 Å². The van der Waals surface area contributed by atoms with Crippen LogP contribution in [0.2, 0.25) is 0 Å². The first-order valence-corrected chi connectivity index (χ1v) is 7.11. The van der Waals surface area contributed by atoms with Crippen LogP contribution in [0.15, 0.2) is 39.2 Å². The van der Waals surface area contributed by atoms with Crippen LogP contribution in [-0.4, -0.2) is 18.0 Å². The van der Waals surface area contributed by atoms with E-state index in [1.807, 2.05) is 6.92 Å². The van der Waals surface area contributed by atoms with Gasteiger partial charge in [-0.05, 0) is 40.1 Å². The molecule has 6 heteroatoms. The first-order chi connectivity index (χ1) is 8.19. The van der Waals surface area contributed by atoms with Crippen LogP contribution >= 0.6 is 21.6 Å². The summed E-state index contributed by atoms with van der Waals surface area (Å²) in [6.07, 6.45) is 3.79. The van der Waals surface area contributed by atoms with Gasteiger partial charge in [-0.15, -0.1) is 0 Å². The molecule has 1 rings (SSSR count). The molecule has 1 heterocycles. The third-order valence-corrected chi connectivity index (χ3v) is 4.14. The molecule has 2 nitrogen and oxygen atoms in total. The van der Waals surface area contributed by atoms with Crippen molar-refractivity contribution < 1.29 is 8.78 Å². The summed E-state index contributed by atoms with van der Waals surface area (Å²) in [5.41, 5.74) is 0. The molecule has 0 saturated heterocycles. The standard InChI is InChI=1S/C11H12F2N2S2/c1-3-5-8(10(12)14-2)16-17-9-6-4-7-15-11(9)13/h4-7H,3H2,1-2H3/b8-5+,14-10?. The van der Waals surface area contributed by atoms with Crippen molar-refractivity contribution in [2.45, 2.75) is 18.2 Å². The Bertz CT molecular complexity index is 433. The fourth-order valence-corrected chi connectivity index (χ4v) is 3.12. The van der Waals surface area contributed by atoms with Crippen molar-refractivity contribution >= 4 is 27.6 Å². The Balaban J connectivity index is 2.72. The summed E-state index contributed by atoms with van der Waals surface area (Å²) >= 11 is 0. The Morgan fingerprint density at radius 2 is 2.35 bits per heavy atom. The Hall–Kier alpha value is -0.880. The highest BCUT2D eigenvalue weighted by Gasteiger charge is 2.09. The van der Waals surface area contributed by atoms with E-state index in [0.29, 0.717) is 16.2 Å². The lowest BCUT2D eigenvalue weighted by atomic mass is 10.4. The smallest absolute Gasteiger partial charge is 0.227 e. The van der Waals surface area contributed by atoms with E-state index in [0.717, 1.165) is 21.6 Å². The molecule has 0 unspecified atom stereocenters. The number of rotatable bonds is 5. The molecule has 0 radical (unpaired) electrons. The highest BCUT2D eigenvalue weighted by Crippen LogP contribution is 2.38. The number of aliphatic imine (C=N–C) groups is 1. The van der Waals surface area contributed by atoms with E-state index in [1.54, 1.807) is 18.2 Å². The van der Waals surface area contributed by atoms with E-state index in [2.05, 4.69) is 9.98 Å². The Labute approximate surface area is 107 Å². The second kappa shape index (κ2) is 7.45. The number of allylic oxidation sites excluding steroid dienone is 2. The van der Waals surface area contributed by atoms with E-state index in [1.165, 1.54) is 13.2 Å². The minimum absolute atomic E-state index is 0.378. The molecule has 0 aliphatic carbocycles. The van der Waals surface area contributed by atoms with Crippen LogP contribution in [0.3, 0.4) is 0 Å². The third-order valence-electron chi connectivity index (χ3n) is 1.74. The number of halogens is 2. The first kappa shape index (κ1) is 14.2. The van der Waals surface area contributed by atoms with Gasteiger partial charge in [0, 0.05) is 13.2 Å². The molecule has 0 amide bonds. The number of hydrogen-bond acceptors (Lipinski definition) is 4. The Kier molecular flexibility index (Phi) is 6.21. The van der Waals surface area contributed by atoms with Gasteiger partial charge in [0.2, 0.25) is 11.9 Å². The summed E-state index contributed by atoms with van der Waals surface area (Å²) in [4.78, 5) is 7.79. The number of pyridine rings is 1. The number of aromatic nitrogens is 1. The van der Waals surface area contributed by atoms with Gasteiger partial charge in [0.25, 0.3) is 0 Å². The zero-order chi connectivity index (χ0) is 12.7. The average Bonchev–Trinajstić information content (AvgIpc) is 2.35. The van der Waals surface area contributed by atoms with Crippen LogP contribution in [0.5, 0.6) is 0 Å².